The van der Waals surface area contributed by atoms with Gasteiger partial charge in [-0.15, -0.1) is 0 Å². The van der Waals surface area contributed by atoms with Crippen molar-refractivity contribution in [2.24, 2.45) is 5.92 Å². The average molecular weight is 166 g/mol. The van der Waals surface area contributed by atoms with Crippen molar-refractivity contribution in [2.45, 2.75) is 32.9 Å². The molecule has 0 saturated carbocycles. The van der Waals surface area contributed by atoms with Crippen LogP contribution in [0.1, 0.15) is 24.9 Å². The summed E-state index contributed by atoms with van der Waals surface area (Å²) in [6, 6.07) is 0. The minimum Gasteiger partial charge on any atom is -0.388 e. The van der Waals surface area contributed by atoms with E-state index in [0.717, 1.165) is 24.7 Å². The van der Waals surface area contributed by atoms with Gasteiger partial charge in [0.25, 0.3) is 0 Å². The maximum absolute atomic E-state index is 8.97. The SMILES string of the molecule is CC1CCn2c(cnc2CO)C1. The minimum atomic E-state index is 0.0639. The fourth-order valence-corrected chi connectivity index (χ4v) is 1.82. The van der Waals surface area contributed by atoms with E-state index in [0.29, 0.717) is 0 Å². The van der Waals surface area contributed by atoms with Crippen molar-refractivity contribution in [3.05, 3.63) is 17.7 Å². The van der Waals surface area contributed by atoms with Gasteiger partial charge in [-0.1, -0.05) is 6.92 Å². The first kappa shape index (κ1) is 7.80. The van der Waals surface area contributed by atoms with E-state index in [9.17, 15) is 0 Å². The lowest BCUT2D eigenvalue weighted by Gasteiger charge is -2.21. The van der Waals surface area contributed by atoms with Crippen LogP contribution in [0.3, 0.4) is 0 Å². The number of hydrogen-bond acceptors (Lipinski definition) is 2. The Hall–Kier alpha value is -0.830. The molecule has 0 aliphatic carbocycles. The highest BCUT2D eigenvalue weighted by atomic mass is 16.3. The van der Waals surface area contributed by atoms with Gasteiger partial charge in [0.15, 0.2) is 0 Å². The minimum absolute atomic E-state index is 0.0639. The highest BCUT2D eigenvalue weighted by molar-refractivity contribution is 5.08. The Labute approximate surface area is 72.0 Å². The summed E-state index contributed by atoms with van der Waals surface area (Å²) in [5.74, 6) is 1.58. The van der Waals surface area contributed by atoms with Crippen molar-refractivity contribution in [1.82, 2.24) is 9.55 Å². The molecule has 1 aromatic heterocycles. The van der Waals surface area contributed by atoms with Crippen LogP contribution >= 0.6 is 0 Å². The topological polar surface area (TPSA) is 38.0 Å². The summed E-state index contributed by atoms with van der Waals surface area (Å²) in [5.41, 5.74) is 1.28. The Morgan fingerprint density at radius 3 is 3.33 bits per heavy atom. The van der Waals surface area contributed by atoms with Crippen LogP contribution in [-0.4, -0.2) is 14.7 Å². The Morgan fingerprint density at radius 2 is 2.58 bits per heavy atom. The van der Waals surface area contributed by atoms with Gasteiger partial charge in [0.1, 0.15) is 12.4 Å². The van der Waals surface area contributed by atoms with E-state index >= 15 is 0 Å². The van der Waals surface area contributed by atoms with Gasteiger partial charge in [-0.2, -0.15) is 0 Å². The molecule has 0 aromatic carbocycles. The molecule has 1 atom stereocenters. The maximum Gasteiger partial charge on any atom is 0.134 e. The third-order valence-electron chi connectivity index (χ3n) is 2.57. The molecule has 0 fully saturated rings. The first-order chi connectivity index (χ1) is 5.81. The Morgan fingerprint density at radius 1 is 1.75 bits per heavy atom. The lowest BCUT2D eigenvalue weighted by atomic mass is 9.99. The second-order valence-electron chi connectivity index (χ2n) is 3.57. The summed E-state index contributed by atoms with van der Waals surface area (Å²) in [5, 5.41) is 8.97. The molecule has 0 bridgehead atoms. The van der Waals surface area contributed by atoms with Crippen molar-refractivity contribution in [3.63, 3.8) is 0 Å². The lowest BCUT2D eigenvalue weighted by molar-refractivity contribution is 0.259. The molecule has 2 rings (SSSR count). The summed E-state index contributed by atoms with van der Waals surface area (Å²) in [6.07, 6.45) is 4.20. The number of fused-ring (bicyclic) bond motifs is 1. The zero-order valence-corrected chi connectivity index (χ0v) is 7.32. The van der Waals surface area contributed by atoms with Crippen LogP contribution in [0.2, 0.25) is 0 Å². The maximum atomic E-state index is 8.97. The fraction of sp³-hybridized carbons (Fsp3) is 0.667. The van der Waals surface area contributed by atoms with Gasteiger partial charge < -0.3 is 9.67 Å². The Bertz CT molecular complexity index is 280. The number of rotatable bonds is 1. The predicted molar refractivity (Wildman–Crippen MR) is 45.6 cm³/mol. The van der Waals surface area contributed by atoms with Gasteiger partial charge in [0.05, 0.1) is 0 Å². The lowest BCUT2D eigenvalue weighted by Crippen LogP contribution is -2.18. The first-order valence-corrected chi connectivity index (χ1v) is 4.45. The summed E-state index contributed by atoms with van der Waals surface area (Å²) in [4.78, 5) is 4.16. The molecule has 3 heteroatoms. The van der Waals surface area contributed by atoms with Crippen LogP contribution in [0.25, 0.3) is 0 Å². The normalized spacial score (nSPS) is 22.3. The number of aliphatic hydroxyl groups excluding tert-OH is 1. The summed E-state index contributed by atoms with van der Waals surface area (Å²) >= 11 is 0. The molecular weight excluding hydrogens is 152 g/mol. The van der Waals surface area contributed by atoms with Gasteiger partial charge in [-0.3, -0.25) is 0 Å². The third-order valence-corrected chi connectivity index (χ3v) is 2.57. The molecule has 0 spiro atoms. The van der Waals surface area contributed by atoms with Crippen molar-refractivity contribution < 1.29 is 5.11 Å². The number of aromatic nitrogens is 2. The number of aliphatic hydroxyl groups is 1. The molecule has 12 heavy (non-hydrogen) atoms. The van der Waals surface area contributed by atoms with Gasteiger partial charge in [0, 0.05) is 18.4 Å². The second kappa shape index (κ2) is 2.90. The summed E-state index contributed by atoms with van der Waals surface area (Å²) in [7, 11) is 0. The monoisotopic (exact) mass is 166 g/mol. The fourth-order valence-electron chi connectivity index (χ4n) is 1.82. The molecule has 1 aromatic rings. The van der Waals surface area contributed by atoms with E-state index in [1.54, 1.807) is 0 Å². The second-order valence-corrected chi connectivity index (χ2v) is 3.57. The Balaban J connectivity index is 2.32. The smallest absolute Gasteiger partial charge is 0.134 e. The zero-order chi connectivity index (χ0) is 8.55. The standard InChI is InChI=1S/C9H14N2O/c1-7-2-3-11-8(4-7)5-10-9(11)6-12/h5,7,12H,2-4,6H2,1H3. The van der Waals surface area contributed by atoms with Crippen LogP contribution in [0.15, 0.2) is 6.20 Å². The first-order valence-electron chi connectivity index (χ1n) is 4.45. The molecule has 1 aliphatic heterocycles. The van der Waals surface area contributed by atoms with Crippen molar-refractivity contribution in [2.75, 3.05) is 0 Å². The van der Waals surface area contributed by atoms with E-state index in [1.165, 1.54) is 12.1 Å². The van der Waals surface area contributed by atoms with E-state index < -0.39 is 0 Å². The molecule has 3 nitrogen and oxygen atoms in total. The van der Waals surface area contributed by atoms with E-state index in [1.807, 2.05) is 6.20 Å². The van der Waals surface area contributed by atoms with E-state index in [-0.39, 0.29) is 6.61 Å². The predicted octanol–water partition coefficient (Wildman–Crippen LogP) is 0.958. The molecule has 2 heterocycles. The largest absolute Gasteiger partial charge is 0.388 e. The molecule has 1 unspecified atom stereocenters. The number of hydrogen-bond donors (Lipinski definition) is 1. The quantitative estimate of drug-likeness (QED) is 0.674. The summed E-state index contributed by atoms with van der Waals surface area (Å²) < 4.78 is 2.14. The van der Waals surface area contributed by atoms with E-state index in [2.05, 4.69) is 16.5 Å². The molecule has 1 aliphatic rings. The highest BCUT2D eigenvalue weighted by Gasteiger charge is 2.17. The average Bonchev–Trinajstić information content (AvgIpc) is 2.46. The zero-order valence-electron chi connectivity index (χ0n) is 7.32. The number of imidazole rings is 1. The van der Waals surface area contributed by atoms with Crippen LogP contribution in [-0.2, 0) is 19.6 Å². The van der Waals surface area contributed by atoms with Crippen LogP contribution in [0.4, 0.5) is 0 Å². The van der Waals surface area contributed by atoms with Crippen molar-refractivity contribution in [1.29, 1.82) is 0 Å². The van der Waals surface area contributed by atoms with Crippen LogP contribution in [0, 0.1) is 5.92 Å². The van der Waals surface area contributed by atoms with Crippen LogP contribution < -0.4 is 0 Å². The molecule has 0 radical (unpaired) electrons. The van der Waals surface area contributed by atoms with E-state index in [4.69, 9.17) is 5.11 Å². The molecule has 0 amide bonds. The number of nitrogens with zero attached hydrogens (tertiary/aromatic N) is 2. The van der Waals surface area contributed by atoms with Gasteiger partial charge >= 0.3 is 0 Å². The van der Waals surface area contributed by atoms with Crippen molar-refractivity contribution in [3.8, 4) is 0 Å². The summed E-state index contributed by atoms with van der Waals surface area (Å²) in [6.45, 7) is 3.34. The Kier molecular flexibility index (Phi) is 1.89. The molecular formula is C9H14N2O. The molecule has 0 saturated heterocycles. The van der Waals surface area contributed by atoms with Gasteiger partial charge in [-0.25, -0.2) is 4.98 Å². The van der Waals surface area contributed by atoms with Gasteiger partial charge in [-0.05, 0) is 18.8 Å². The third kappa shape index (κ3) is 1.14. The molecule has 66 valence electrons. The van der Waals surface area contributed by atoms with Crippen molar-refractivity contribution >= 4 is 0 Å². The van der Waals surface area contributed by atoms with Gasteiger partial charge in [0.2, 0.25) is 0 Å². The molecule has 1 N–H and O–H groups in total. The highest BCUT2D eigenvalue weighted by Crippen LogP contribution is 2.20. The van der Waals surface area contributed by atoms with Crippen LogP contribution in [0.5, 0.6) is 0 Å².